The Labute approximate surface area is 140 Å². The van der Waals surface area contributed by atoms with Crippen molar-refractivity contribution < 1.29 is 4.74 Å². The highest BCUT2D eigenvalue weighted by Crippen LogP contribution is 2.38. The highest BCUT2D eigenvalue weighted by molar-refractivity contribution is 5.39. The second kappa shape index (κ2) is 5.45. The summed E-state index contributed by atoms with van der Waals surface area (Å²) >= 11 is 0. The fourth-order valence-electron chi connectivity index (χ4n) is 3.79. The van der Waals surface area contributed by atoms with Crippen molar-refractivity contribution in [3.8, 4) is 5.75 Å². The van der Waals surface area contributed by atoms with Crippen LogP contribution in [0.4, 0.5) is 0 Å². The summed E-state index contributed by atoms with van der Waals surface area (Å²) < 4.78 is 5.58. The van der Waals surface area contributed by atoms with Crippen LogP contribution >= 0.6 is 0 Å². The van der Waals surface area contributed by atoms with E-state index in [0.717, 1.165) is 74.8 Å². The lowest BCUT2D eigenvalue weighted by Crippen LogP contribution is -2.35. The van der Waals surface area contributed by atoms with Gasteiger partial charge in [-0.15, -0.1) is 0 Å². The molecule has 0 spiro atoms. The van der Waals surface area contributed by atoms with E-state index in [1.165, 1.54) is 11.1 Å². The monoisotopic (exact) mass is 323 g/mol. The zero-order valence-electron chi connectivity index (χ0n) is 13.7. The molecule has 5 rings (SSSR count). The molecule has 2 aromatic rings. The number of aromatic amines is 1. The normalized spacial score (nSPS) is 19.7. The zero-order valence-corrected chi connectivity index (χ0v) is 13.7. The number of hydrogen-bond donors (Lipinski definition) is 1. The molecule has 5 nitrogen and oxygen atoms in total. The van der Waals surface area contributed by atoms with E-state index in [-0.39, 0.29) is 5.56 Å². The van der Waals surface area contributed by atoms with Crippen LogP contribution in [0, 0.1) is 0 Å². The SMILES string of the molecule is O=c1[nH]c(C2CC2)nc2c1CCN(Cc1ccc3c(c1)CCO3)C2. The molecule has 3 heterocycles. The number of nitrogens with zero attached hydrogens (tertiary/aromatic N) is 2. The zero-order chi connectivity index (χ0) is 16.1. The summed E-state index contributed by atoms with van der Waals surface area (Å²) in [5.41, 5.74) is 4.58. The van der Waals surface area contributed by atoms with Crippen LogP contribution in [0.2, 0.25) is 0 Å². The standard InChI is InChI=1S/C19H21N3O2/c23-19-15-5-7-22(11-16(15)20-18(21-19)13-2-3-13)10-12-1-4-17-14(9-12)6-8-24-17/h1,4,9,13H,2-3,5-8,10-11H2,(H,20,21,23). The van der Waals surface area contributed by atoms with Gasteiger partial charge >= 0.3 is 0 Å². The van der Waals surface area contributed by atoms with Crippen molar-refractivity contribution in [3.05, 3.63) is 56.8 Å². The molecule has 124 valence electrons. The first kappa shape index (κ1) is 14.2. The fourth-order valence-corrected chi connectivity index (χ4v) is 3.79. The molecule has 0 unspecified atom stereocenters. The van der Waals surface area contributed by atoms with Gasteiger partial charge in [-0.3, -0.25) is 9.69 Å². The number of H-pyrrole nitrogens is 1. The topological polar surface area (TPSA) is 58.2 Å². The van der Waals surface area contributed by atoms with Gasteiger partial charge < -0.3 is 9.72 Å². The summed E-state index contributed by atoms with van der Waals surface area (Å²) in [6.07, 6.45) is 4.11. The molecule has 2 aliphatic heterocycles. The summed E-state index contributed by atoms with van der Waals surface area (Å²) in [4.78, 5) is 22.4. The second-order valence-corrected chi connectivity index (χ2v) is 7.15. The Balaban J connectivity index is 1.37. The molecule has 1 saturated carbocycles. The lowest BCUT2D eigenvalue weighted by molar-refractivity contribution is 0.240. The predicted molar refractivity (Wildman–Crippen MR) is 90.3 cm³/mol. The van der Waals surface area contributed by atoms with Crippen molar-refractivity contribution in [2.45, 2.75) is 44.7 Å². The van der Waals surface area contributed by atoms with Crippen molar-refractivity contribution in [2.24, 2.45) is 0 Å². The molecule has 5 heteroatoms. The van der Waals surface area contributed by atoms with Crippen molar-refractivity contribution in [1.29, 1.82) is 0 Å². The average Bonchev–Trinajstić information content (AvgIpc) is 3.33. The van der Waals surface area contributed by atoms with Crippen molar-refractivity contribution in [3.63, 3.8) is 0 Å². The third-order valence-electron chi connectivity index (χ3n) is 5.29. The molecule has 3 aliphatic rings. The number of benzene rings is 1. The van der Waals surface area contributed by atoms with Gasteiger partial charge in [-0.2, -0.15) is 0 Å². The Bertz CT molecular complexity index is 854. The number of rotatable bonds is 3. The third-order valence-corrected chi connectivity index (χ3v) is 5.29. The van der Waals surface area contributed by atoms with Crippen LogP contribution in [0.15, 0.2) is 23.0 Å². The maximum Gasteiger partial charge on any atom is 0.254 e. The molecule has 1 aromatic carbocycles. The Morgan fingerprint density at radius 2 is 2.21 bits per heavy atom. The molecule has 0 radical (unpaired) electrons. The molecule has 1 aliphatic carbocycles. The molecule has 0 saturated heterocycles. The van der Waals surface area contributed by atoms with Crippen LogP contribution < -0.4 is 10.3 Å². The highest BCUT2D eigenvalue weighted by Gasteiger charge is 2.29. The van der Waals surface area contributed by atoms with Crippen molar-refractivity contribution in [2.75, 3.05) is 13.2 Å². The van der Waals surface area contributed by atoms with E-state index in [0.29, 0.717) is 5.92 Å². The molecular formula is C19H21N3O2. The molecule has 0 bridgehead atoms. The highest BCUT2D eigenvalue weighted by atomic mass is 16.5. The van der Waals surface area contributed by atoms with Crippen molar-refractivity contribution >= 4 is 0 Å². The third kappa shape index (κ3) is 2.53. The van der Waals surface area contributed by atoms with Gasteiger partial charge in [0.1, 0.15) is 11.6 Å². The maximum absolute atomic E-state index is 12.3. The van der Waals surface area contributed by atoms with Gasteiger partial charge in [0.15, 0.2) is 0 Å². The fraction of sp³-hybridized carbons (Fsp3) is 0.474. The smallest absolute Gasteiger partial charge is 0.254 e. The van der Waals surface area contributed by atoms with Gasteiger partial charge in [-0.05, 0) is 36.5 Å². The molecule has 24 heavy (non-hydrogen) atoms. The molecule has 1 N–H and O–H groups in total. The molecule has 1 aromatic heterocycles. The summed E-state index contributed by atoms with van der Waals surface area (Å²) in [6, 6.07) is 6.50. The van der Waals surface area contributed by atoms with Crippen LogP contribution in [0.5, 0.6) is 5.75 Å². The van der Waals surface area contributed by atoms with E-state index in [1.54, 1.807) is 0 Å². The minimum absolute atomic E-state index is 0.0798. The van der Waals surface area contributed by atoms with Gasteiger partial charge in [0.25, 0.3) is 5.56 Å². The average molecular weight is 323 g/mol. The van der Waals surface area contributed by atoms with Crippen LogP contribution in [0.3, 0.4) is 0 Å². The minimum Gasteiger partial charge on any atom is -0.493 e. The van der Waals surface area contributed by atoms with E-state index in [1.807, 2.05) is 0 Å². The summed E-state index contributed by atoms with van der Waals surface area (Å²) in [6.45, 7) is 3.38. The van der Waals surface area contributed by atoms with Crippen molar-refractivity contribution in [1.82, 2.24) is 14.9 Å². The van der Waals surface area contributed by atoms with Crippen LogP contribution in [0.25, 0.3) is 0 Å². The van der Waals surface area contributed by atoms with Crippen LogP contribution in [-0.4, -0.2) is 28.0 Å². The predicted octanol–water partition coefficient (Wildman–Crippen LogP) is 2.14. The van der Waals surface area contributed by atoms with E-state index >= 15 is 0 Å². The van der Waals surface area contributed by atoms with Crippen LogP contribution in [0.1, 0.15) is 47.0 Å². The number of ether oxygens (including phenoxy) is 1. The van der Waals surface area contributed by atoms with E-state index in [2.05, 4.69) is 28.1 Å². The lowest BCUT2D eigenvalue weighted by Gasteiger charge is -2.27. The van der Waals surface area contributed by atoms with Crippen LogP contribution in [-0.2, 0) is 25.9 Å². The molecule has 1 fully saturated rings. The molecule has 0 atom stereocenters. The maximum atomic E-state index is 12.3. The van der Waals surface area contributed by atoms with E-state index in [4.69, 9.17) is 9.72 Å². The number of aromatic nitrogens is 2. The second-order valence-electron chi connectivity index (χ2n) is 7.15. The quantitative estimate of drug-likeness (QED) is 0.940. The largest absolute Gasteiger partial charge is 0.493 e. The van der Waals surface area contributed by atoms with E-state index in [9.17, 15) is 4.79 Å². The Hall–Kier alpha value is -2.14. The first-order valence-corrected chi connectivity index (χ1v) is 8.85. The molecule has 0 amide bonds. The summed E-state index contributed by atoms with van der Waals surface area (Å²) in [5, 5.41) is 0. The summed E-state index contributed by atoms with van der Waals surface area (Å²) in [5.74, 6) is 2.41. The van der Waals surface area contributed by atoms with Gasteiger partial charge in [0.2, 0.25) is 0 Å². The minimum atomic E-state index is 0.0798. The summed E-state index contributed by atoms with van der Waals surface area (Å²) in [7, 11) is 0. The van der Waals surface area contributed by atoms with Gasteiger partial charge in [0, 0.05) is 37.5 Å². The first-order valence-electron chi connectivity index (χ1n) is 8.85. The Kier molecular flexibility index (Phi) is 3.23. The number of fused-ring (bicyclic) bond motifs is 2. The first-order chi connectivity index (χ1) is 11.8. The van der Waals surface area contributed by atoms with Gasteiger partial charge in [-0.1, -0.05) is 12.1 Å². The molecular weight excluding hydrogens is 302 g/mol. The Morgan fingerprint density at radius 3 is 3.08 bits per heavy atom. The van der Waals surface area contributed by atoms with E-state index < -0.39 is 0 Å². The van der Waals surface area contributed by atoms with Gasteiger partial charge in [0.05, 0.1) is 12.3 Å². The van der Waals surface area contributed by atoms with Gasteiger partial charge in [-0.25, -0.2) is 4.98 Å². The number of hydrogen-bond acceptors (Lipinski definition) is 4. The lowest BCUT2D eigenvalue weighted by atomic mass is 10.0. The Morgan fingerprint density at radius 1 is 1.29 bits per heavy atom. The number of nitrogens with one attached hydrogen (secondary N) is 1.